The first-order valence-electron chi connectivity index (χ1n) is 10.1. The van der Waals surface area contributed by atoms with Crippen LogP contribution in [0.1, 0.15) is 18.1 Å². The molecule has 0 spiro atoms. The van der Waals surface area contributed by atoms with Crippen molar-refractivity contribution in [3.05, 3.63) is 53.9 Å². The number of aromatic nitrogens is 4. The van der Waals surface area contributed by atoms with E-state index in [0.717, 1.165) is 16.7 Å². The normalized spacial score (nSPS) is 11.8. The number of thioether (sulfide) groups is 1. The summed E-state index contributed by atoms with van der Waals surface area (Å²) in [6.45, 7) is 6.57. The number of aryl methyl sites for hydroxylation is 2. The van der Waals surface area contributed by atoms with E-state index >= 15 is 0 Å². The Bertz CT molecular complexity index is 1090. The molecule has 1 aromatic carbocycles. The van der Waals surface area contributed by atoms with Crippen LogP contribution >= 0.6 is 11.8 Å². The predicted molar refractivity (Wildman–Crippen MR) is 124 cm³/mol. The molecule has 0 radical (unpaired) electrons. The molecule has 1 atom stereocenters. The molecule has 0 bridgehead atoms. The zero-order valence-electron chi connectivity index (χ0n) is 18.5. The highest BCUT2D eigenvalue weighted by Crippen LogP contribution is 2.26. The Hall–Kier alpha value is -3.24. The second-order valence-corrected chi connectivity index (χ2v) is 8.52. The van der Waals surface area contributed by atoms with Crippen LogP contribution in [-0.4, -0.2) is 50.7 Å². The minimum atomic E-state index is -0.576. The number of nitrogens with one attached hydrogen (secondary N) is 2. The Morgan fingerprint density at radius 1 is 1.16 bits per heavy atom. The second-order valence-electron chi connectivity index (χ2n) is 7.21. The average molecular weight is 455 g/mol. The van der Waals surface area contributed by atoms with E-state index in [1.54, 1.807) is 26.4 Å². The van der Waals surface area contributed by atoms with Crippen molar-refractivity contribution in [2.24, 2.45) is 0 Å². The molecule has 0 aliphatic carbocycles. The summed E-state index contributed by atoms with van der Waals surface area (Å²) in [5.41, 5.74) is 3.53. The molecule has 3 amide bonds. The third kappa shape index (κ3) is 5.92. The number of pyridine rings is 1. The molecule has 9 nitrogen and oxygen atoms in total. The lowest BCUT2D eigenvalue weighted by Gasteiger charge is -2.14. The lowest BCUT2D eigenvalue weighted by atomic mass is 10.1. The Balaban J connectivity index is 1.67. The fourth-order valence-electron chi connectivity index (χ4n) is 3.01. The van der Waals surface area contributed by atoms with Gasteiger partial charge in [0.15, 0.2) is 11.0 Å². The van der Waals surface area contributed by atoms with Gasteiger partial charge in [-0.2, -0.15) is 0 Å². The molecule has 2 heterocycles. The van der Waals surface area contributed by atoms with E-state index < -0.39 is 17.2 Å². The van der Waals surface area contributed by atoms with Crippen LogP contribution in [0.5, 0.6) is 0 Å². The van der Waals surface area contributed by atoms with Gasteiger partial charge in [0.2, 0.25) is 5.91 Å². The number of rotatable bonds is 8. The summed E-state index contributed by atoms with van der Waals surface area (Å²) in [6, 6.07) is 8.78. The van der Waals surface area contributed by atoms with Crippen LogP contribution in [0.3, 0.4) is 0 Å². The van der Waals surface area contributed by atoms with Gasteiger partial charge in [0.1, 0.15) is 0 Å². The van der Waals surface area contributed by atoms with Crippen molar-refractivity contribution in [3.63, 3.8) is 0 Å². The molecule has 168 valence electrons. The van der Waals surface area contributed by atoms with E-state index in [1.807, 2.05) is 48.7 Å². The minimum Gasteiger partial charge on any atom is -0.383 e. The van der Waals surface area contributed by atoms with E-state index in [9.17, 15) is 9.59 Å². The van der Waals surface area contributed by atoms with Crippen molar-refractivity contribution in [2.45, 2.75) is 37.7 Å². The Morgan fingerprint density at radius 2 is 1.91 bits per heavy atom. The lowest BCUT2D eigenvalue weighted by Crippen LogP contribution is -2.39. The highest BCUT2D eigenvalue weighted by atomic mass is 32.2. The van der Waals surface area contributed by atoms with Crippen LogP contribution in [0.2, 0.25) is 0 Å². The fraction of sp³-hybridized carbons (Fsp3) is 0.318. The van der Waals surface area contributed by atoms with Crippen molar-refractivity contribution in [1.82, 2.24) is 25.1 Å². The standard InChI is InChI=1S/C22H26N6O3S/c1-14-5-6-18(15(2)13-14)24-21(30)25-20(29)16(3)32-22-27-26-19(28(22)11-12-31-4)17-7-9-23-10-8-17/h5-10,13,16H,11-12H2,1-4H3,(H2,24,25,29,30). The Kier molecular flexibility index (Phi) is 7.96. The van der Waals surface area contributed by atoms with Gasteiger partial charge in [0.25, 0.3) is 0 Å². The molecule has 0 saturated carbocycles. The van der Waals surface area contributed by atoms with E-state index in [-0.39, 0.29) is 0 Å². The van der Waals surface area contributed by atoms with E-state index in [1.165, 1.54) is 11.8 Å². The number of anilines is 1. The van der Waals surface area contributed by atoms with E-state index in [2.05, 4.69) is 25.8 Å². The van der Waals surface area contributed by atoms with Gasteiger partial charge >= 0.3 is 6.03 Å². The number of benzene rings is 1. The van der Waals surface area contributed by atoms with Gasteiger partial charge in [-0.3, -0.25) is 19.7 Å². The number of hydrogen-bond donors (Lipinski definition) is 2. The summed E-state index contributed by atoms with van der Waals surface area (Å²) in [5, 5.41) is 13.6. The number of nitrogens with zero attached hydrogens (tertiary/aromatic N) is 4. The predicted octanol–water partition coefficient (Wildman–Crippen LogP) is 3.43. The van der Waals surface area contributed by atoms with Gasteiger partial charge in [0.05, 0.1) is 18.4 Å². The van der Waals surface area contributed by atoms with Crippen LogP contribution in [0.4, 0.5) is 10.5 Å². The molecule has 32 heavy (non-hydrogen) atoms. The summed E-state index contributed by atoms with van der Waals surface area (Å²) in [6.07, 6.45) is 3.36. The molecule has 0 saturated heterocycles. The highest BCUT2D eigenvalue weighted by molar-refractivity contribution is 8.00. The quantitative estimate of drug-likeness (QED) is 0.502. The van der Waals surface area contributed by atoms with Gasteiger partial charge in [-0.05, 0) is 44.5 Å². The molecule has 3 aromatic rings. The molecular weight excluding hydrogens is 428 g/mol. The number of urea groups is 1. The number of ether oxygens (including phenoxy) is 1. The van der Waals surface area contributed by atoms with E-state index in [0.29, 0.717) is 29.8 Å². The van der Waals surface area contributed by atoms with Crippen LogP contribution in [0, 0.1) is 13.8 Å². The third-order valence-electron chi connectivity index (χ3n) is 4.69. The van der Waals surface area contributed by atoms with Crippen molar-refractivity contribution in [2.75, 3.05) is 19.0 Å². The van der Waals surface area contributed by atoms with Crippen molar-refractivity contribution in [3.8, 4) is 11.4 Å². The van der Waals surface area contributed by atoms with Gasteiger partial charge in [-0.15, -0.1) is 10.2 Å². The van der Waals surface area contributed by atoms with Gasteiger partial charge in [-0.1, -0.05) is 29.5 Å². The van der Waals surface area contributed by atoms with Crippen LogP contribution in [0.25, 0.3) is 11.4 Å². The van der Waals surface area contributed by atoms with Crippen LogP contribution in [-0.2, 0) is 16.1 Å². The maximum atomic E-state index is 12.6. The minimum absolute atomic E-state index is 0.427. The van der Waals surface area contributed by atoms with Crippen molar-refractivity contribution >= 4 is 29.4 Å². The van der Waals surface area contributed by atoms with Gasteiger partial charge < -0.3 is 10.1 Å². The molecular formula is C22H26N6O3S. The topological polar surface area (TPSA) is 111 Å². The third-order valence-corrected chi connectivity index (χ3v) is 5.77. The summed E-state index contributed by atoms with van der Waals surface area (Å²) in [4.78, 5) is 28.9. The largest absolute Gasteiger partial charge is 0.383 e. The number of imide groups is 1. The molecule has 3 rings (SSSR count). The number of carbonyl (C=O) groups excluding carboxylic acids is 2. The van der Waals surface area contributed by atoms with Crippen molar-refractivity contribution < 1.29 is 14.3 Å². The number of methoxy groups -OCH3 is 1. The first-order valence-corrected chi connectivity index (χ1v) is 10.9. The molecule has 0 aliphatic heterocycles. The number of hydrogen-bond acceptors (Lipinski definition) is 7. The first kappa shape index (κ1) is 23.4. The van der Waals surface area contributed by atoms with Crippen LogP contribution in [0.15, 0.2) is 47.9 Å². The number of carbonyl (C=O) groups is 2. The van der Waals surface area contributed by atoms with E-state index in [4.69, 9.17) is 4.74 Å². The van der Waals surface area contributed by atoms with Crippen LogP contribution < -0.4 is 10.6 Å². The molecule has 10 heteroatoms. The summed E-state index contributed by atoms with van der Waals surface area (Å²) < 4.78 is 7.10. The molecule has 2 aromatic heterocycles. The SMILES string of the molecule is COCCn1c(SC(C)C(=O)NC(=O)Nc2ccc(C)cc2C)nnc1-c1ccncc1. The van der Waals surface area contributed by atoms with Gasteiger partial charge in [0, 0.05) is 30.8 Å². The molecule has 0 aliphatic rings. The smallest absolute Gasteiger partial charge is 0.325 e. The summed E-state index contributed by atoms with van der Waals surface area (Å²) >= 11 is 1.22. The summed E-state index contributed by atoms with van der Waals surface area (Å²) in [5.74, 6) is 0.233. The van der Waals surface area contributed by atoms with Crippen molar-refractivity contribution in [1.29, 1.82) is 0 Å². The molecule has 1 unspecified atom stereocenters. The molecule has 0 fully saturated rings. The highest BCUT2D eigenvalue weighted by Gasteiger charge is 2.22. The maximum absolute atomic E-state index is 12.6. The zero-order valence-corrected chi connectivity index (χ0v) is 19.3. The maximum Gasteiger partial charge on any atom is 0.325 e. The molecule has 2 N–H and O–H groups in total. The second kappa shape index (κ2) is 10.9. The lowest BCUT2D eigenvalue weighted by molar-refractivity contribution is -0.119. The van der Waals surface area contributed by atoms with Gasteiger partial charge in [-0.25, -0.2) is 4.79 Å². The Labute approximate surface area is 191 Å². The zero-order chi connectivity index (χ0) is 23.1. The average Bonchev–Trinajstić information content (AvgIpc) is 3.17. The number of amides is 3. The first-order chi connectivity index (χ1) is 15.4. The Morgan fingerprint density at radius 3 is 2.59 bits per heavy atom. The summed E-state index contributed by atoms with van der Waals surface area (Å²) in [7, 11) is 1.62. The monoisotopic (exact) mass is 454 g/mol. The fourth-order valence-corrected chi connectivity index (χ4v) is 3.88.